The summed E-state index contributed by atoms with van der Waals surface area (Å²) in [5, 5.41) is 7.18. The monoisotopic (exact) mass is 348 g/mol. The Bertz CT molecular complexity index is 609. The van der Waals surface area contributed by atoms with Crippen LogP contribution in [0.5, 0.6) is 0 Å². The number of amides is 2. The highest BCUT2D eigenvalue weighted by molar-refractivity contribution is 5.78. The van der Waals surface area contributed by atoms with Gasteiger partial charge in [0.25, 0.3) is 0 Å². The van der Waals surface area contributed by atoms with E-state index >= 15 is 0 Å². The Balaban J connectivity index is 1.61. The minimum atomic E-state index is -0.384. The number of ether oxygens (including phenoxy) is 1. The molecule has 138 valence electrons. The van der Waals surface area contributed by atoms with Gasteiger partial charge in [0, 0.05) is 26.7 Å². The number of likely N-dealkylation sites (N-methyl/N-ethyl adjacent to an activating group) is 1. The summed E-state index contributed by atoms with van der Waals surface area (Å²) in [6, 6.07) is 1.50. The molecule has 7 nitrogen and oxygen atoms in total. The van der Waals surface area contributed by atoms with Gasteiger partial charge in [-0.2, -0.15) is 5.10 Å². The van der Waals surface area contributed by atoms with E-state index in [1.165, 1.54) is 19.3 Å². The van der Waals surface area contributed by atoms with Crippen molar-refractivity contribution >= 4 is 12.0 Å². The minimum Gasteiger partial charge on any atom is -0.449 e. The molecule has 0 bridgehead atoms. The zero-order chi connectivity index (χ0) is 17.8. The van der Waals surface area contributed by atoms with Crippen molar-refractivity contribution in [3.63, 3.8) is 0 Å². The molecular formula is C18H28N4O3. The Hall–Kier alpha value is -2.05. The molecule has 1 N–H and O–H groups in total. The van der Waals surface area contributed by atoms with E-state index in [0.29, 0.717) is 25.4 Å². The van der Waals surface area contributed by atoms with Crippen molar-refractivity contribution in [2.24, 2.45) is 13.0 Å². The van der Waals surface area contributed by atoms with E-state index in [0.717, 1.165) is 18.5 Å². The molecule has 1 aliphatic heterocycles. The van der Waals surface area contributed by atoms with Crippen molar-refractivity contribution in [3.05, 3.63) is 18.0 Å². The largest absolute Gasteiger partial charge is 0.449 e. The van der Waals surface area contributed by atoms with Crippen molar-refractivity contribution in [2.75, 3.05) is 13.7 Å². The highest BCUT2D eigenvalue weighted by Gasteiger charge is 2.37. The van der Waals surface area contributed by atoms with Gasteiger partial charge < -0.3 is 15.0 Å². The lowest BCUT2D eigenvalue weighted by molar-refractivity contribution is -0.136. The fraction of sp³-hybridized carbons (Fsp3) is 0.722. The van der Waals surface area contributed by atoms with E-state index in [9.17, 15) is 9.59 Å². The van der Waals surface area contributed by atoms with Gasteiger partial charge >= 0.3 is 6.09 Å². The van der Waals surface area contributed by atoms with Crippen LogP contribution in [-0.2, 0) is 16.6 Å². The van der Waals surface area contributed by atoms with Crippen molar-refractivity contribution in [3.8, 4) is 0 Å². The number of nitrogens with one attached hydrogen (secondary N) is 1. The fourth-order valence-corrected chi connectivity index (χ4v) is 4.01. The number of likely N-dealkylation sites (tertiary alicyclic amines) is 1. The van der Waals surface area contributed by atoms with Crippen molar-refractivity contribution in [1.29, 1.82) is 0 Å². The predicted octanol–water partition coefficient (Wildman–Crippen LogP) is 2.39. The van der Waals surface area contributed by atoms with Crippen LogP contribution in [0.25, 0.3) is 0 Å². The Labute approximate surface area is 148 Å². The second-order valence-electron chi connectivity index (χ2n) is 7.22. The molecule has 0 radical (unpaired) electrons. The molecule has 1 aliphatic carbocycles. The van der Waals surface area contributed by atoms with Crippen LogP contribution in [0.1, 0.15) is 56.7 Å². The molecular weight excluding hydrogens is 320 g/mol. The molecule has 1 saturated carbocycles. The van der Waals surface area contributed by atoms with Gasteiger partial charge in [-0.05, 0) is 31.2 Å². The summed E-state index contributed by atoms with van der Waals surface area (Å²) in [7, 11) is 3.63. The first kappa shape index (κ1) is 17.8. The summed E-state index contributed by atoms with van der Waals surface area (Å²) in [4.78, 5) is 26.1. The molecule has 2 amide bonds. The van der Waals surface area contributed by atoms with Crippen LogP contribution < -0.4 is 5.32 Å². The third-order valence-electron chi connectivity index (χ3n) is 5.50. The highest BCUT2D eigenvalue weighted by Crippen LogP contribution is 2.30. The number of carbonyl (C=O) groups excluding carboxylic acids is 2. The third kappa shape index (κ3) is 4.14. The Morgan fingerprint density at radius 1 is 1.28 bits per heavy atom. The second-order valence-corrected chi connectivity index (χ2v) is 7.22. The molecule has 2 aliphatic rings. The van der Waals surface area contributed by atoms with Gasteiger partial charge in [0.1, 0.15) is 0 Å². The van der Waals surface area contributed by atoms with Gasteiger partial charge in [-0.15, -0.1) is 0 Å². The SMILES string of the molecule is CN1C(=O)CC[C@@H](NC(=O)OCC2CCCCC2)[C@@H]1c1ccnn1C. The molecule has 0 unspecified atom stereocenters. The van der Waals surface area contributed by atoms with Crippen LogP contribution in [0.3, 0.4) is 0 Å². The quantitative estimate of drug-likeness (QED) is 0.906. The van der Waals surface area contributed by atoms with Crippen LogP contribution in [0.2, 0.25) is 0 Å². The van der Waals surface area contributed by atoms with E-state index in [2.05, 4.69) is 10.4 Å². The van der Waals surface area contributed by atoms with Crippen molar-refractivity contribution < 1.29 is 14.3 Å². The lowest BCUT2D eigenvalue weighted by atomic mass is 9.90. The van der Waals surface area contributed by atoms with Gasteiger partial charge in [-0.1, -0.05) is 19.3 Å². The van der Waals surface area contributed by atoms with Gasteiger partial charge in [0.2, 0.25) is 5.91 Å². The number of carbonyl (C=O) groups is 2. The average Bonchev–Trinajstić information content (AvgIpc) is 3.03. The van der Waals surface area contributed by atoms with E-state index in [1.807, 2.05) is 13.1 Å². The summed E-state index contributed by atoms with van der Waals surface area (Å²) in [6.45, 7) is 0.490. The van der Waals surface area contributed by atoms with E-state index in [-0.39, 0.29) is 24.1 Å². The molecule has 25 heavy (non-hydrogen) atoms. The zero-order valence-corrected chi connectivity index (χ0v) is 15.1. The Morgan fingerprint density at radius 3 is 2.72 bits per heavy atom. The Morgan fingerprint density at radius 2 is 2.04 bits per heavy atom. The normalized spacial score (nSPS) is 25.0. The molecule has 3 rings (SSSR count). The molecule has 0 aromatic carbocycles. The maximum absolute atomic E-state index is 12.3. The average molecular weight is 348 g/mol. The summed E-state index contributed by atoms with van der Waals surface area (Å²) in [5.41, 5.74) is 0.910. The van der Waals surface area contributed by atoms with E-state index in [1.54, 1.807) is 22.8 Å². The molecule has 1 saturated heterocycles. The Kier molecular flexibility index (Phi) is 5.60. The van der Waals surface area contributed by atoms with Crippen LogP contribution in [0, 0.1) is 5.92 Å². The lowest BCUT2D eigenvalue weighted by Crippen LogP contribution is -2.51. The molecule has 2 fully saturated rings. The summed E-state index contributed by atoms with van der Waals surface area (Å²) < 4.78 is 7.22. The van der Waals surface area contributed by atoms with Gasteiger partial charge in [-0.3, -0.25) is 9.48 Å². The molecule has 2 atom stereocenters. The van der Waals surface area contributed by atoms with Crippen LogP contribution in [0.15, 0.2) is 12.3 Å². The second kappa shape index (κ2) is 7.89. The van der Waals surface area contributed by atoms with E-state index in [4.69, 9.17) is 4.74 Å². The molecule has 0 spiro atoms. The lowest BCUT2D eigenvalue weighted by Gasteiger charge is -2.39. The van der Waals surface area contributed by atoms with Crippen LogP contribution in [0.4, 0.5) is 4.79 Å². The van der Waals surface area contributed by atoms with Crippen molar-refractivity contribution in [1.82, 2.24) is 20.0 Å². The van der Waals surface area contributed by atoms with E-state index < -0.39 is 0 Å². The number of aryl methyl sites for hydroxylation is 1. The van der Waals surface area contributed by atoms with Crippen molar-refractivity contribution in [2.45, 2.75) is 57.0 Å². The third-order valence-corrected chi connectivity index (χ3v) is 5.50. The number of alkyl carbamates (subject to hydrolysis) is 1. The fourth-order valence-electron chi connectivity index (χ4n) is 4.01. The van der Waals surface area contributed by atoms with Gasteiger partial charge in [0.15, 0.2) is 0 Å². The first-order chi connectivity index (χ1) is 12.1. The standard InChI is InChI=1S/C18H28N4O3/c1-21-16(23)9-8-14(17(21)15-10-11-19-22(15)2)20-18(24)25-12-13-6-4-3-5-7-13/h10-11,13-14,17H,3-9,12H2,1-2H3,(H,20,24)/t14-,17-/m1/s1. The van der Waals surface area contributed by atoms with Gasteiger partial charge in [-0.25, -0.2) is 4.79 Å². The molecule has 1 aromatic rings. The predicted molar refractivity (Wildman–Crippen MR) is 92.8 cm³/mol. The first-order valence-electron chi connectivity index (χ1n) is 9.23. The minimum absolute atomic E-state index is 0.0832. The number of hydrogen-bond donors (Lipinski definition) is 1. The molecule has 7 heteroatoms. The topological polar surface area (TPSA) is 76.5 Å². The number of piperidine rings is 1. The number of nitrogens with zero attached hydrogens (tertiary/aromatic N) is 3. The summed E-state index contributed by atoms with van der Waals surface area (Å²) >= 11 is 0. The summed E-state index contributed by atoms with van der Waals surface area (Å²) in [6.07, 6.45) is 8.40. The number of hydrogen-bond acceptors (Lipinski definition) is 4. The molecule has 2 heterocycles. The summed E-state index contributed by atoms with van der Waals surface area (Å²) in [5.74, 6) is 0.572. The smallest absolute Gasteiger partial charge is 0.407 e. The maximum Gasteiger partial charge on any atom is 0.407 e. The molecule has 1 aromatic heterocycles. The maximum atomic E-state index is 12.3. The zero-order valence-electron chi connectivity index (χ0n) is 15.1. The number of aromatic nitrogens is 2. The van der Waals surface area contributed by atoms with Crippen LogP contribution in [-0.4, -0.2) is 46.4 Å². The first-order valence-corrected chi connectivity index (χ1v) is 9.23. The van der Waals surface area contributed by atoms with Crippen LogP contribution >= 0.6 is 0 Å². The number of rotatable bonds is 4. The highest BCUT2D eigenvalue weighted by atomic mass is 16.5. The van der Waals surface area contributed by atoms with Gasteiger partial charge in [0.05, 0.1) is 24.4 Å².